The molecule has 0 unspecified atom stereocenters. The lowest BCUT2D eigenvalue weighted by atomic mass is 10.1. The minimum Gasteiger partial charge on any atom is -0.274 e. The van der Waals surface area contributed by atoms with Gasteiger partial charge >= 0.3 is 18.5 Å². The molecule has 0 bridgehead atoms. The summed E-state index contributed by atoms with van der Waals surface area (Å²) >= 11 is 0. The zero-order valence-corrected chi connectivity index (χ0v) is 25.8. The fourth-order valence-electron chi connectivity index (χ4n) is 3.51. The summed E-state index contributed by atoms with van der Waals surface area (Å²) in [5.41, 5.74) is 0. The van der Waals surface area contributed by atoms with Gasteiger partial charge in [0.15, 0.2) is 0 Å². The van der Waals surface area contributed by atoms with E-state index in [9.17, 15) is 26.4 Å². The lowest BCUT2D eigenvalue weighted by Gasteiger charge is -2.04. The number of hydrogen-bond acceptors (Lipinski definition) is 8. The van der Waals surface area contributed by atoms with Crippen LogP contribution in [0.5, 0.6) is 0 Å². The Morgan fingerprint density at radius 2 is 0.722 bits per heavy atom. The Labute approximate surface area is 235 Å². The Balaban J connectivity index is 3.21. The molecule has 2 N–H and O–H groups in total. The van der Waals surface area contributed by atoms with Crippen LogP contribution in [0.4, 0.5) is 0 Å². The molecule has 0 aliphatic carbocycles. The largest absolute Gasteiger partial charge is 0.321 e. The van der Waals surface area contributed by atoms with Gasteiger partial charge in [0.1, 0.15) is 0 Å². The Hall–Kier alpha value is 0.120. The molecule has 0 aliphatic heterocycles. The van der Waals surface area contributed by atoms with Crippen LogP contribution in [0, 0.1) is 0 Å². The lowest BCUT2D eigenvalue weighted by Crippen LogP contribution is -2.26. The second-order valence-corrected chi connectivity index (χ2v) is 16.0. The van der Waals surface area contributed by atoms with Gasteiger partial charge in [0.25, 0.3) is 0 Å². The van der Waals surface area contributed by atoms with Crippen molar-refractivity contribution in [2.75, 3.05) is 11.5 Å². The molecule has 0 aliphatic rings. The first kappa shape index (κ1) is 36.1. The van der Waals surface area contributed by atoms with E-state index < -0.39 is 30.3 Å². The summed E-state index contributed by atoms with van der Waals surface area (Å²) < 4.78 is 46.3. The smallest absolute Gasteiger partial charge is 0.274 e. The summed E-state index contributed by atoms with van der Waals surface area (Å²) in [6.45, 7) is 0. The van der Waals surface area contributed by atoms with Gasteiger partial charge in [-0.25, -0.2) is 9.44 Å². The van der Waals surface area contributed by atoms with Crippen molar-refractivity contribution in [2.24, 2.45) is 0 Å². The van der Waals surface area contributed by atoms with Crippen LogP contribution in [-0.2, 0) is 28.1 Å². The summed E-state index contributed by atoms with van der Waals surface area (Å²) in [4.78, 5) is 22.6. The van der Waals surface area contributed by atoms with Gasteiger partial charge in [-0.15, -0.1) is 0 Å². The van der Waals surface area contributed by atoms with Gasteiger partial charge in [-0.2, -0.15) is 16.8 Å². The Morgan fingerprint density at radius 1 is 0.472 bits per heavy atom. The standard InChI is InChI=1S/C22H42Cl2N2O6S4/c23-35(29,30)25-21(27)17-13-9-5-1-3-7-11-15-19-33-34-20-16-12-8-4-2-6-10-14-18-22(28)26-36(24,31)32/h1-20H2,(H,25,27)(H,26,28). The molecule has 2 amide bonds. The number of hydrogen-bond donors (Lipinski definition) is 2. The molecular weight excluding hydrogens is 587 g/mol. The van der Waals surface area contributed by atoms with Gasteiger partial charge in [0.2, 0.25) is 11.8 Å². The molecule has 0 aromatic carbocycles. The second kappa shape index (κ2) is 23.0. The number of nitrogens with one attached hydrogen (secondary N) is 2. The number of rotatable bonds is 25. The van der Waals surface area contributed by atoms with E-state index in [4.69, 9.17) is 21.4 Å². The van der Waals surface area contributed by atoms with Gasteiger partial charge < -0.3 is 0 Å². The van der Waals surface area contributed by atoms with Crippen molar-refractivity contribution < 1.29 is 26.4 Å². The van der Waals surface area contributed by atoms with E-state index in [0.29, 0.717) is 12.8 Å². The first-order valence-corrected chi connectivity index (χ1v) is 19.8. The summed E-state index contributed by atoms with van der Waals surface area (Å²) in [6, 6.07) is 0. The number of carbonyl (C=O) groups is 2. The van der Waals surface area contributed by atoms with Crippen molar-refractivity contribution in [3.8, 4) is 0 Å². The van der Waals surface area contributed by atoms with Crippen LogP contribution in [0.25, 0.3) is 0 Å². The van der Waals surface area contributed by atoms with Gasteiger partial charge in [0, 0.05) is 45.7 Å². The average Bonchev–Trinajstić information content (AvgIpc) is 2.74. The van der Waals surface area contributed by atoms with E-state index in [1.54, 1.807) is 9.44 Å². The minimum atomic E-state index is -3.96. The number of amides is 2. The molecule has 36 heavy (non-hydrogen) atoms. The summed E-state index contributed by atoms with van der Waals surface area (Å²) in [6.07, 6.45) is 17.9. The highest BCUT2D eigenvalue weighted by Crippen LogP contribution is 2.25. The topological polar surface area (TPSA) is 126 Å². The van der Waals surface area contributed by atoms with Crippen LogP contribution in [0.3, 0.4) is 0 Å². The third kappa shape index (κ3) is 30.3. The molecular formula is C22H42Cl2N2O6S4. The Morgan fingerprint density at radius 3 is 1.00 bits per heavy atom. The maximum absolute atomic E-state index is 11.3. The molecule has 8 nitrogen and oxygen atoms in total. The van der Waals surface area contributed by atoms with E-state index in [0.717, 1.165) is 38.5 Å². The minimum absolute atomic E-state index is 0.192. The second-order valence-electron chi connectivity index (χ2n) is 8.73. The van der Waals surface area contributed by atoms with E-state index >= 15 is 0 Å². The fourth-order valence-corrected chi connectivity index (χ4v) is 7.06. The molecule has 0 radical (unpaired) electrons. The van der Waals surface area contributed by atoms with Crippen LogP contribution in [0.1, 0.15) is 116 Å². The predicted molar refractivity (Wildman–Crippen MR) is 154 cm³/mol. The molecule has 0 fully saturated rings. The molecule has 214 valence electrons. The van der Waals surface area contributed by atoms with Crippen molar-refractivity contribution in [3.05, 3.63) is 0 Å². The van der Waals surface area contributed by atoms with Crippen LogP contribution < -0.4 is 9.44 Å². The highest BCUT2D eigenvalue weighted by Gasteiger charge is 2.10. The van der Waals surface area contributed by atoms with Crippen LogP contribution >= 0.6 is 43.0 Å². The third-order valence-corrected chi connectivity index (χ3v) is 9.30. The highest BCUT2D eigenvalue weighted by molar-refractivity contribution is 8.76. The molecule has 0 aromatic rings. The summed E-state index contributed by atoms with van der Waals surface area (Å²) in [7, 11) is 5.93. The molecule has 0 spiro atoms. The molecule has 0 aromatic heterocycles. The quantitative estimate of drug-likeness (QED) is 0.0658. The lowest BCUT2D eigenvalue weighted by molar-refractivity contribution is -0.120. The van der Waals surface area contributed by atoms with Crippen molar-refractivity contribution in [3.63, 3.8) is 0 Å². The Kier molecular flexibility index (Phi) is 23.1. The summed E-state index contributed by atoms with van der Waals surface area (Å²) in [5.74, 6) is 1.30. The van der Waals surface area contributed by atoms with Crippen LogP contribution in [0.2, 0.25) is 0 Å². The van der Waals surface area contributed by atoms with Crippen molar-refractivity contribution >= 4 is 73.2 Å². The van der Waals surface area contributed by atoms with E-state index in [2.05, 4.69) is 0 Å². The highest BCUT2D eigenvalue weighted by atomic mass is 35.7. The predicted octanol–water partition coefficient (Wildman–Crippen LogP) is 6.59. The third-order valence-electron chi connectivity index (χ3n) is 5.32. The normalized spacial score (nSPS) is 11.9. The van der Waals surface area contributed by atoms with Gasteiger partial charge in [-0.3, -0.25) is 9.59 Å². The number of carbonyl (C=O) groups excluding carboxylic acids is 2. The molecule has 14 heteroatoms. The van der Waals surface area contributed by atoms with Crippen molar-refractivity contribution in [2.45, 2.75) is 116 Å². The van der Waals surface area contributed by atoms with Crippen molar-refractivity contribution in [1.29, 1.82) is 0 Å². The van der Waals surface area contributed by atoms with Crippen molar-refractivity contribution in [1.82, 2.24) is 9.44 Å². The average molecular weight is 630 g/mol. The van der Waals surface area contributed by atoms with Gasteiger partial charge in [-0.05, 0) is 25.7 Å². The molecule has 0 rings (SSSR count). The monoisotopic (exact) mass is 628 g/mol. The SMILES string of the molecule is O=C(CCCCCCCCCCSSCCCCCCCCCCC(=O)NS(=O)(=O)Cl)NS(=O)(=O)Cl. The zero-order chi connectivity index (χ0) is 27.1. The van der Waals surface area contributed by atoms with Crippen LogP contribution in [-0.4, -0.2) is 40.2 Å². The number of unbranched alkanes of at least 4 members (excludes halogenated alkanes) is 14. The molecule has 0 saturated heterocycles. The summed E-state index contributed by atoms with van der Waals surface area (Å²) in [5, 5.41) is 0. The fraction of sp³-hybridized carbons (Fsp3) is 0.909. The number of halogens is 2. The first-order chi connectivity index (χ1) is 17.0. The van der Waals surface area contributed by atoms with E-state index in [1.807, 2.05) is 21.6 Å². The molecule has 0 atom stereocenters. The molecule has 0 saturated carbocycles. The maximum Gasteiger partial charge on any atom is 0.321 e. The first-order valence-electron chi connectivity index (χ1n) is 12.7. The zero-order valence-electron chi connectivity index (χ0n) is 21.0. The van der Waals surface area contributed by atoms with Crippen LogP contribution in [0.15, 0.2) is 0 Å². The molecule has 0 heterocycles. The van der Waals surface area contributed by atoms with Gasteiger partial charge in [0.05, 0.1) is 0 Å². The van der Waals surface area contributed by atoms with E-state index in [-0.39, 0.29) is 12.8 Å². The van der Waals surface area contributed by atoms with Gasteiger partial charge in [-0.1, -0.05) is 98.6 Å². The Bertz CT molecular complexity index is 732. The van der Waals surface area contributed by atoms with E-state index in [1.165, 1.54) is 62.9 Å². The maximum atomic E-state index is 11.3.